The molecular weight excluding hydrogens is 314 g/mol. The number of urea groups is 1. The van der Waals surface area contributed by atoms with Crippen LogP contribution in [0, 0.1) is 5.92 Å². The molecular formula is C15H23N5O2S. The van der Waals surface area contributed by atoms with E-state index in [0.29, 0.717) is 18.2 Å². The van der Waals surface area contributed by atoms with Gasteiger partial charge in [-0.3, -0.25) is 14.8 Å². The summed E-state index contributed by atoms with van der Waals surface area (Å²) >= 11 is 1.29. The summed E-state index contributed by atoms with van der Waals surface area (Å²) in [6.07, 6.45) is 7.44. The minimum absolute atomic E-state index is 0.192. The highest BCUT2D eigenvalue weighted by Crippen LogP contribution is 2.28. The van der Waals surface area contributed by atoms with Gasteiger partial charge >= 0.3 is 6.03 Å². The molecule has 7 nitrogen and oxygen atoms in total. The third kappa shape index (κ3) is 4.04. The highest BCUT2D eigenvalue weighted by Gasteiger charge is 2.30. The number of hydrogen-bond acceptors (Lipinski definition) is 5. The van der Waals surface area contributed by atoms with E-state index in [0.717, 1.165) is 24.6 Å². The Hall–Kier alpha value is -1.57. The van der Waals surface area contributed by atoms with E-state index in [2.05, 4.69) is 20.5 Å². The number of aromatic amines is 1. The van der Waals surface area contributed by atoms with Gasteiger partial charge in [0.2, 0.25) is 11.1 Å². The van der Waals surface area contributed by atoms with Crippen molar-refractivity contribution in [1.82, 2.24) is 25.4 Å². The smallest absolute Gasteiger partial charge is 0.324 e. The lowest BCUT2D eigenvalue weighted by molar-refractivity contribution is -0.126. The van der Waals surface area contributed by atoms with Crippen molar-refractivity contribution in [3.63, 3.8) is 0 Å². The Kier molecular flexibility index (Phi) is 5.20. The number of rotatable bonds is 6. The number of H-pyrrole nitrogens is 1. The summed E-state index contributed by atoms with van der Waals surface area (Å²) in [7, 11) is 0. The number of aromatic nitrogens is 3. The van der Waals surface area contributed by atoms with Crippen molar-refractivity contribution >= 4 is 23.7 Å². The van der Waals surface area contributed by atoms with Crippen LogP contribution < -0.4 is 5.32 Å². The molecule has 3 rings (SSSR count). The van der Waals surface area contributed by atoms with Crippen molar-refractivity contribution < 1.29 is 9.59 Å². The maximum Gasteiger partial charge on any atom is 0.324 e. The van der Waals surface area contributed by atoms with Crippen molar-refractivity contribution in [3.05, 3.63) is 5.82 Å². The van der Waals surface area contributed by atoms with Crippen LogP contribution in [-0.4, -0.2) is 50.4 Å². The quantitative estimate of drug-likeness (QED) is 0.774. The fourth-order valence-electron chi connectivity index (χ4n) is 3.19. The number of imide groups is 1. The topological polar surface area (TPSA) is 91.0 Å². The fourth-order valence-corrected chi connectivity index (χ4v) is 4.00. The molecule has 0 bridgehead atoms. The van der Waals surface area contributed by atoms with Gasteiger partial charge in [0, 0.05) is 19.5 Å². The molecule has 2 aliphatic rings. The zero-order chi connectivity index (χ0) is 16.2. The zero-order valence-electron chi connectivity index (χ0n) is 13.4. The fraction of sp³-hybridized carbons (Fsp3) is 0.733. The van der Waals surface area contributed by atoms with Gasteiger partial charge in [-0.2, -0.15) is 0 Å². The van der Waals surface area contributed by atoms with Gasteiger partial charge in [0.05, 0.1) is 5.25 Å². The first-order chi connectivity index (χ1) is 11.1. The van der Waals surface area contributed by atoms with Crippen LogP contribution in [0.15, 0.2) is 5.16 Å². The number of nitrogens with zero attached hydrogens (tertiary/aromatic N) is 3. The average molecular weight is 337 g/mol. The summed E-state index contributed by atoms with van der Waals surface area (Å²) in [6, 6.07) is -0.310. The third-order valence-corrected chi connectivity index (χ3v) is 5.48. The second kappa shape index (κ2) is 7.33. The number of carbonyl (C=O) groups excluding carboxylic acids is 2. The van der Waals surface area contributed by atoms with E-state index in [1.54, 1.807) is 6.92 Å². The molecule has 1 aliphatic heterocycles. The Morgan fingerprint density at radius 2 is 2.22 bits per heavy atom. The molecule has 0 aromatic carbocycles. The largest absolute Gasteiger partial charge is 0.336 e. The van der Waals surface area contributed by atoms with Gasteiger partial charge in [-0.15, -0.1) is 5.10 Å². The van der Waals surface area contributed by atoms with Gasteiger partial charge < -0.3 is 5.32 Å². The van der Waals surface area contributed by atoms with E-state index < -0.39 is 0 Å². The second-order valence-electron chi connectivity index (χ2n) is 6.24. The van der Waals surface area contributed by atoms with E-state index in [9.17, 15) is 9.59 Å². The van der Waals surface area contributed by atoms with Crippen LogP contribution in [0.4, 0.5) is 4.79 Å². The second-order valence-corrected chi connectivity index (χ2v) is 7.54. The van der Waals surface area contributed by atoms with E-state index in [1.807, 2.05) is 0 Å². The molecule has 1 aromatic rings. The maximum atomic E-state index is 12.2. The predicted molar refractivity (Wildman–Crippen MR) is 87.1 cm³/mol. The van der Waals surface area contributed by atoms with E-state index in [-0.39, 0.29) is 17.2 Å². The summed E-state index contributed by atoms with van der Waals surface area (Å²) in [5, 5.41) is 9.99. The van der Waals surface area contributed by atoms with Crippen LogP contribution in [0.5, 0.6) is 0 Å². The summed E-state index contributed by atoms with van der Waals surface area (Å²) in [4.78, 5) is 29.5. The molecule has 1 saturated carbocycles. The predicted octanol–water partition coefficient (Wildman–Crippen LogP) is 1.96. The van der Waals surface area contributed by atoms with E-state index in [4.69, 9.17) is 0 Å². The van der Waals surface area contributed by atoms with Gasteiger partial charge in [-0.05, 0) is 19.3 Å². The summed E-state index contributed by atoms with van der Waals surface area (Å²) in [5.41, 5.74) is 0. The molecule has 3 amide bonds. The molecule has 0 radical (unpaired) electrons. The highest BCUT2D eigenvalue weighted by atomic mass is 32.2. The molecule has 2 fully saturated rings. The molecule has 0 spiro atoms. The normalized spacial score (nSPS) is 20.0. The average Bonchev–Trinajstić information content (AvgIpc) is 3.26. The van der Waals surface area contributed by atoms with E-state index >= 15 is 0 Å². The first-order valence-electron chi connectivity index (χ1n) is 8.30. The van der Waals surface area contributed by atoms with Gasteiger partial charge in [0.15, 0.2) is 0 Å². The molecule has 23 heavy (non-hydrogen) atoms. The van der Waals surface area contributed by atoms with Gasteiger partial charge in [-0.1, -0.05) is 37.4 Å². The Morgan fingerprint density at radius 1 is 1.43 bits per heavy atom. The minimum Gasteiger partial charge on any atom is -0.336 e. The van der Waals surface area contributed by atoms with Crippen molar-refractivity contribution in [1.29, 1.82) is 0 Å². The van der Waals surface area contributed by atoms with Crippen LogP contribution in [0.3, 0.4) is 0 Å². The standard InChI is InChI=1S/C15H23N5O2S/c1-10(13(21)20-9-8-16-15(20)22)23-14-17-12(18-19-14)7-6-11-4-2-3-5-11/h10-11H,2-9H2,1H3,(H,16,22)(H,17,18,19). The monoisotopic (exact) mass is 337 g/mol. The number of carbonyl (C=O) groups is 2. The molecule has 8 heteroatoms. The first-order valence-corrected chi connectivity index (χ1v) is 9.18. The summed E-state index contributed by atoms with van der Waals surface area (Å²) in [6.45, 7) is 2.74. The SMILES string of the molecule is CC(Sc1n[nH]c(CCC2CCCC2)n1)C(=O)N1CCNC1=O. The number of nitrogens with one attached hydrogen (secondary N) is 2. The first kappa shape index (κ1) is 16.3. The van der Waals surface area contributed by atoms with E-state index in [1.165, 1.54) is 42.3 Å². The van der Waals surface area contributed by atoms with Crippen molar-refractivity contribution in [2.24, 2.45) is 5.92 Å². The minimum atomic E-state index is -0.377. The van der Waals surface area contributed by atoms with Crippen LogP contribution in [0.1, 0.15) is 44.9 Å². The third-order valence-electron chi connectivity index (χ3n) is 4.53. The lowest BCUT2D eigenvalue weighted by Gasteiger charge is -2.15. The highest BCUT2D eigenvalue weighted by molar-refractivity contribution is 8.00. The molecule has 2 N–H and O–H groups in total. The Bertz CT molecular complexity index is 570. The van der Waals surface area contributed by atoms with Crippen LogP contribution in [0.25, 0.3) is 0 Å². The molecule has 2 heterocycles. The molecule has 1 saturated heterocycles. The number of amides is 3. The van der Waals surface area contributed by atoms with Gasteiger partial charge in [-0.25, -0.2) is 9.78 Å². The van der Waals surface area contributed by atoms with Gasteiger partial charge in [0.25, 0.3) is 0 Å². The summed E-state index contributed by atoms with van der Waals surface area (Å²) in [5.74, 6) is 1.52. The zero-order valence-corrected chi connectivity index (χ0v) is 14.2. The molecule has 1 atom stereocenters. The van der Waals surface area contributed by atoms with Crippen LogP contribution in [-0.2, 0) is 11.2 Å². The van der Waals surface area contributed by atoms with Crippen LogP contribution in [0.2, 0.25) is 0 Å². The van der Waals surface area contributed by atoms with Gasteiger partial charge in [0.1, 0.15) is 5.82 Å². The molecule has 126 valence electrons. The number of aryl methyl sites for hydroxylation is 1. The summed E-state index contributed by atoms with van der Waals surface area (Å²) < 4.78 is 0. The lowest BCUT2D eigenvalue weighted by atomic mass is 10.0. The maximum absolute atomic E-state index is 12.2. The van der Waals surface area contributed by atoms with Crippen LogP contribution >= 0.6 is 11.8 Å². The molecule has 1 aliphatic carbocycles. The van der Waals surface area contributed by atoms with Crippen molar-refractivity contribution in [2.75, 3.05) is 13.1 Å². The van der Waals surface area contributed by atoms with Crippen molar-refractivity contribution in [2.45, 2.75) is 55.9 Å². The number of thioether (sulfide) groups is 1. The van der Waals surface area contributed by atoms with Crippen molar-refractivity contribution in [3.8, 4) is 0 Å². The Morgan fingerprint density at radius 3 is 2.91 bits per heavy atom. The number of hydrogen-bond donors (Lipinski definition) is 2. The lowest BCUT2D eigenvalue weighted by Crippen LogP contribution is -2.38. The Balaban J connectivity index is 1.49. The molecule has 1 unspecified atom stereocenters. The Labute approximate surface area is 140 Å². The molecule has 1 aromatic heterocycles.